The molecule has 0 saturated carbocycles. The zero-order valence-electron chi connectivity index (χ0n) is 16.1. The topological polar surface area (TPSA) is 54.3 Å². The van der Waals surface area contributed by atoms with Crippen molar-refractivity contribution in [3.8, 4) is 0 Å². The summed E-state index contributed by atoms with van der Waals surface area (Å²) in [4.78, 5) is 21.5. The van der Waals surface area contributed by atoms with Gasteiger partial charge in [-0.25, -0.2) is 0 Å². The van der Waals surface area contributed by atoms with Crippen LogP contribution in [0.3, 0.4) is 0 Å². The highest BCUT2D eigenvalue weighted by atomic mass is 16.2. The number of amides is 1. The number of rotatable bonds is 5. The molecule has 2 saturated heterocycles. The van der Waals surface area contributed by atoms with Gasteiger partial charge in [-0.3, -0.25) is 19.4 Å². The number of hydrogen-bond donors (Lipinski definition) is 0. The van der Waals surface area contributed by atoms with Crippen molar-refractivity contribution in [1.82, 2.24) is 24.6 Å². The Morgan fingerprint density at radius 2 is 1.96 bits per heavy atom. The van der Waals surface area contributed by atoms with Gasteiger partial charge in [-0.1, -0.05) is 6.07 Å². The average Bonchev–Trinajstić information content (AvgIpc) is 3.39. The molecule has 2 aromatic heterocycles. The molecule has 0 radical (unpaired) electrons. The van der Waals surface area contributed by atoms with E-state index >= 15 is 0 Å². The zero-order valence-corrected chi connectivity index (χ0v) is 16.1. The first-order valence-corrected chi connectivity index (χ1v) is 10.2. The van der Waals surface area contributed by atoms with Gasteiger partial charge in [0.25, 0.3) is 5.91 Å². The molecule has 4 rings (SSSR count). The first kappa shape index (κ1) is 18.2. The van der Waals surface area contributed by atoms with Crippen molar-refractivity contribution in [1.29, 1.82) is 0 Å². The second-order valence-electron chi connectivity index (χ2n) is 7.86. The molecule has 0 bridgehead atoms. The minimum absolute atomic E-state index is 0.145. The van der Waals surface area contributed by atoms with Crippen LogP contribution in [0.5, 0.6) is 0 Å². The number of nitrogens with zero attached hydrogens (tertiary/aromatic N) is 5. The van der Waals surface area contributed by atoms with Gasteiger partial charge in [0, 0.05) is 44.8 Å². The van der Waals surface area contributed by atoms with E-state index in [1.165, 1.54) is 18.4 Å². The van der Waals surface area contributed by atoms with Gasteiger partial charge in [0.2, 0.25) is 0 Å². The van der Waals surface area contributed by atoms with E-state index in [0.29, 0.717) is 5.92 Å². The molecule has 6 heteroatoms. The van der Waals surface area contributed by atoms with Crippen molar-refractivity contribution in [3.05, 3.63) is 48.0 Å². The Morgan fingerprint density at radius 3 is 2.67 bits per heavy atom. The summed E-state index contributed by atoms with van der Waals surface area (Å²) in [6.07, 6.45) is 11.0. The molecule has 1 unspecified atom stereocenters. The van der Waals surface area contributed by atoms with E-state index < -0.39 is 0 Å². The largest absolute Gasteiger partial charge is 0.338 e. The van der Waals surface area contributed by atoms with Crippen LogP contribution in [-0.4, -0.2) is 56.7 Å². The molecule has 0 N–H and O–H groups in total. The van der Waals surface area contributed by atoms with Gasteiger partial charge in [0.05, 0.1) is 11.8 Å². The van der Waals surface area contributed by atoms with Gasteiger partial charge in [-0.2, -0.15) is 5.10 Å². The Hall–Kier alpha value is -2.21. The summed E-state index contributed by atoms with van der Waals surface area (Å²) < 4.78 is 1.82. The molecule has 2 aliphatic rings. The standard InChI is InChI=1S/C21H29N5O/c1-2-26-16-20(13-23-26)21(27)25-11-7-19(15-25)18-5-9-24(10-6-18)14-17-4-3-8-22-12-17/h3-4,8,12-13,16,18-19H,2,5-7,9-11,14-15H2,1H3. The summed E-state index contributed by atoms with van der Waals surface area (Å²) >= 11 is 0. The van der Waals surface area contributed by atoms with Gasteiger partial charge in [-0.05, 0) is 62.7 Å². The van der Waals surface area contributed by atoms with E-state index in [1.807, 2.05) is 41.2 Å². The summed E-state index contributed by atoms with van der Waals surface area (Å²) in [6, 6.07) is 4.16. The van der Waals surface area contributed by atoms with Crippen molar-refractivity contribution in [2.24, 2.45) is 11.8 Å². The molecule has 0 spiro atoms. The fourth-order valence-corrected chi connectivity index (χ4v) is 4.52. The Labute approximate surface area is 161 Å². The molecule has 4 heterocycles. The minimum Gasteiger partial charge on any atom is -0.338 e. The molecule has 2 aromatic rings. The molecule has 2 fully saturated rings. The third-order valence-electron chi connectivity index (χ3n) is 6.14. The van der Waals surface area contributed by atoms with Gasteiger partial charge < -0.3 is 4.90 Å². The second kappa shape index (κ2) is 8.21. The zero-order chi connectivity index (χ0) is 18.6. The summed E-state index contributed by atoms with van der Waals surface area (Å²) in [6.45, 7) is 7.92. The molecule has 1 atom stereocenters. The van der Waals surface area contributed by atoms with E-state index in [0.717, 1.165) is 57.2 Å². The van der Waals surface area contributed by atoms with Crippen LogP contribution in [-0.2, 0) is 13.1 Å². The number of aryl methyl sites for hydroxylation is 1. The van der Waals surface area contributed by atoms with Gasteiger partial charge in [0.15, 0.2) is 0 Å². The molecule has 144 valence electrons. The number of aromatic nitrogens is 3. The van der Waals surface area contributed by atoms with Crippen LogP contribution in [0.25, 0.3) is 0 Å². The molecular formula is C21H29N5O. The maximum absolute atomic E-state index is 12.7. The SMILES string of the molecule is CCn1cc(C(=O)N2CCC(C3CCN(Cc4cccnc4)CC3)C2)cn1. The Balaban J connectivity index is 1.27. The Bertz CT molecular complexity index is 751. The van der Waals surface area contributed by atoms with E-state index in [2.05, 4.69) is 21.0 Å². The van der Waals surface area contributed by atoms with Crippen molar-refractivity contribution >= 4 is 5.91 Å². The lowest BCUT2D eigenvalue weighted by Crippen LogP contribution is -2.37. The lowest BCUT2D eigenvalue weighted by molar-refractivity contribution is 0.0773. The van der Waals surface area contributed by atoms with Gasteiger partial charge in [-0.15, -0.1) is 0 Å². The molecule has 6 nitrogen and oxygen atoms in total. The smallest absolute Gasteiger partial charge is 0.257 e. The van der Waals surface area contributed by atoms with E-state index in [1.54, 1.807) is 6.20 Å². The molecule has 1 amide bonds. The maximum Gasteiger partial charge on any atom is 0.257 e. The predicted octanol–water partition coefficient (Wildman–Crippen LogP) is 2.67. The summed E-state index contributed by atoms with van der Waals surface area (Å²) in [7, 11) is 0. The van der Waals surface area contributed by atoms with Crippen LogP contribution >= 0.6 is 0 Å². The van der Waals surface area contributed by atoms with Crippen LogP contribution in [0.1, 0.15) is 42.1 Å². The van der Waals surface area contributed by atoms with Gasteiger partial charge in [0.1, 0.15) is 0 Å². The predicted molar refractivity (Wildman–Crippen MR) is 104 cm³/mol. The molecule has 0 aromatic carbocycles. The second-order valence-corrected chi connectivity index (χ2v) is 7.86. The number of hydrogen-bond acceptors (Lipinski definition) is 4. The molecule has 27 heavy (non-hydrogen) atoms. The monoisotopic (exact) mass is 367 g/mol. The highest BCUT2D eigenvalue weighted by Crippen LogP contribution is 2.32. The van der Waals surface area contributed by atoms with E-state index in [-0.39, 0.29) is 5.91 Å². The average molecular weight is 367 g/mol. The van der Waals surface area contributed by atoms with Crippen molar-refractivity contribution in [3.63, 3.8) is 0 Å². The number of piperidine rings is 1. The lowest BCUT2D eigenvalue weighted by Gasteiger charge is -2.34. The third-order valence-corrected chi connectivity index (χ3v) is 6.14. The first-order valence-electron chi connectivity index (χ1n) is 10.2. The highest BCUT2D eigenvalue weighted by Gasteiger charge is 2.34. The van der Waals surface area contributed by atoms with Crippen molar-refractivity contribution in [2.75, 3.05) is 26.2 Å². The van der Waals surface area contributed by atoms with Crippen LogP contribution in [0.15, 0.2) is 36.9 Å². The fourth-order valence-electron chi connectivity index (χ4n) is 4.52. The van der Waals surface area contributed by atoms with Crippen LogP contribution in [0.2, 0.25) is 0 Å². The first-order chi connectivity index (χ1) is 13.2. The molecule has 2 aliphatic heterocycles. The molecular weight excluding hydrogens is 338 g/mol. The fraction of sp³-hybridized carbons (Fsp3) is 0.571. The van der Waals surface area contributed by atoms with Crippen LogP contribution in [0, 0.1) is 11.8 Å². The lowest BCUT2D eigenvalue weighted by atomic mass is 9.83. The number of carbonyl (C=O) groups is 1. The van der Waals surface area contributed by atoms with Crippen LogP contribution in [0.4, 0.5) is 0 Å². The van der Waals surface area contributed by atoms with Crippen molar-refractivity contribution in [2.45, 2.75) is 39.3 Å². The highest BCUT2D eigenvalue weighted by molar-refractivity contribution is 5.93. The third kappa shape index (κ3) is 4.21. The number of pyridine rings is 1. The normalized spacial score (nSPS) is 21.7. The summed E-state index contributed by atoms with van der Waals surface area (Å²) in [5, 5.41) is 4.24. The van der Waals surface area contributed by atoms with E-state index in [9.17, 15) is 4.79 Å². The van der Waals surface area contributed by atoms with Crippen LogP contribution < -0.4 is 0 Å². The Morgan fingerprint density at radius 1 is 1.15 bits per heavy atom. The van der Waals surface area contributed by atoms with Crippen molar-refractivity contribution < 1.29 is 4.79 Å². The molecule has 0 aliphatic carbocycles. The maximum atomic E-state index is 12.7. The quantitative estimate of drug-likeness (QED) is 0.815. The minimum atomic E-state index is 0.145. The van der Waals surface area contributed by atoms with E-state index in [4.69, 9.17) is 0 Å². The number of likely N-dealkylation sites (tertiary alicyclic amines) is 2. The Kier molecular flexibility index (Phi) is 5.53. The number of carbonyl (C=O) groups excluding carboxylic acids is 1. The summed E-state index contributed by atoms with van der Waals surface area (Å²) in [5.41, 5.74) is 2.02. The summed E-state index contributed by atoms with van der Waals surface area (Å²) in [5.74, 6) is 1.54. The van der Waals surface area contributed by atoms with Gasteiger partial charge >= 0.3 is 0 Å².